The van der Waals surface area contributed by atoms with E-state index in [9.17, 15) is 0 Å². The molecule has 2 aromatic rings. The van der Waals surface area contributed by atoms with Crippen molar-refractivity contribution in [3.63, 3.8) is 0 Å². The SMILES string of the molecule is CCNC(c1ccccc1)c1cc(Br)c(C)cc1Br. The highest BCUT2D eigenvalue weighted by molar-refractivity contribution is 9.11. The van der Waals surface area contributed by atoms with Crippen molar-refractivity contribution in [2.45, 2.75) is 19.9 Å². The van der Waals surface area contributed by atoms with Gasteiger partial charge >= 0.3 is 0 Å². The molecule has 0 spiro atoms. The lowest BCUT2D eigenvalue weighted by molar-refractivity contribution is 0.628. The fourth-order valence-corrected chi connectivity index (χ4v) is 3.19. The summed E-state index contributed by atoms with van der Waals surface area (Å²) in [6.45, 7) is 5.16. The van der Waals surface area contributed by atoms with E-state index in [0.717, 1.165) is 15.5 Å². The molecule has 0 amide bonds. The van der Waals surface area contributed by atoms with Crippen molar-refractivity contribution in [1.82, 2.24) is 5.32 Å². The maximum absolute atomic E-state index is 3.69. The summed E-state index contributed by atoms with van der Waals surface area (Å²) >= 11 is 7.31. The minimum atomic E-state index is 0.206. The number of nitrogens with one attached hydrogen (secondary N) is 1. The molecular weight excluding hydrogens is 366 g/mol. The van der Waals surface area contributed by atoms with Gasteiger partial charge in [-0.15, -0.1) is 0 Å². The molecule has 0 aliphatic rings. The van der Waals surface area contributed by atoms with Gasteiger partial charge in [0.05, 0.1) is 6.04 Å². The Morgan fingerprint density at radius 3 is 2.37 bits per heavy atom. The van der Waals surface area contributed by atoms with E-state index in [2.05, 4.69) is 87.4 Å². The summed E-state index contributed by atoms with van der Waals surface area (Å²) in [4.78, 5) is 0. The first-order valence-electron chi connectivity index (χ1n) is 6.37. The van der Waals surface area contributed by atoms with Crippen molar-refractivity contribution >= 4 is 31.9 Å². The second-order valence-corrected chi connectivity index (χ2v) is 6.23. The van der Waals surface area contributed by atoms with E-state index in [0.29, 0.717) is 0 Å². The van der Waals surface area contributed by atoms with Crippen LogP contribution < -0.4 is 5.32 Å². The second-order valence-electron chi connectivity index (χ2n) is 4.52. The Morgan fingerprint density at radius 1 is 1.05 bits per heavy atom. The van der Waals surface area contributed by atoms with Crippen LogP contribution in [0, 0.1) is 6.92 Å². The Bertz CT molecular complexity index is 552. The molecule has 19 heavy (non-hydrogen) atoms. The van der Waals surface area contributed by atoms with Gasteiger partial charge in [0, 0.05) is 8.95 Å². The summed E-state index contributed by atoms with van der Waals surface area (Å²) in [7, 11) is 0. The molecule has 0 aromatic heterocycles. The molecule has 0 saturated heterocycles. The van der Waals surface area contributed by atoms with Gasteiger partial charge in [-0.2, -0.15) is 0 Å². The molecule has 100 valence electrons. The molecule has 1 atom stereocenters. The van der Waals surface area contributed by atoms with E-state index in [1.807, 2.05) is 6.07 Å². The van der Waals surface area contributed by atoms with Crippen molar-refractivity contribution in [3.8, 4) is 0 Å². The normalized spacial score (nSPS) is 12.4. The van der Waals surface area contributed by atoms with Gasteiger partial charge in [0.25, 0.3) is 0 Å². The Morgan fingerprint density at radius 2 is 1.74 bits per heavy atom. The zero-order valence-corrected chi connectivity index (χ0v) is 14.3. The lowest BCUT2D eigenvalue weighted by Gasteiger charge is -2.21. The maximum atomic E-state index is 3.69. The smallest absolute Gasteiger partial charge is 0.0588 e. The third kappa shape index (κ3) is 3.47. The highest BCUT2D eigenvalue weighted by Crippen LogP contribution is 2.32. The van der Waals surface area contributed by atoms with Gasteiger partial charge in [-0.05, 0) is 42.3 Å². The Labute approximate surface area is 131 Å². The zero-order chi connectivity index (χ0) is 13.8. The van der Waals surface area contributed by atoms with Crippen LogP contribution >= 0.6 is 31.9 Å². The highest BCUT2D eigenvalue weighted by atomic mass is 79.9. The molecule has 0 fully saturated rings. The van der Waals surface area contributed by atoms with Gasteiger partial charge in [-0.25, -0.2) is 0 Å². The lowest BCUT2D eigenvalue weighted by atomic mass is 9.98. The standard InChI is InChI=1S/C16H17Br2N/c1-3-19-16(12-7-5-4-6-8-12)13-10-14(17)11(2)9-15(13)18/h4-10,16,19H,3H2,1-2H3. The van der Waals surface area contributed by atoms with Crippen molar-refractivity contribution in [2.75, 3.05) is 6.54 Å². The lowest BCUT2D eigenvalue weighted by Crippen LogP contribution is -2.22. The summed E-state index contributed by atoms with van der Waals surface area (Å²) in [5.41, 5.74) is 3.77. The minimum absolute atomic E-state index is 0.206. The third-order valence-corrected chi connectivity index (χ3v) is 4.67. The van der Waals surface area contributed by atoms with Gasteiger partial charge in [0.2, 0.25) is 0 Å². The van der Waals surface area contributed by atoms with Crippen molar-refractivity contribution < 1.29 is 0 Å². The Kier molecular flexibility index (Phi) is 5.20. The first-order chi connectivity index (χ1) is 9.13. The van der Waals surface area contributed by atoms with Crippen LogP contribution in [-0.2, 0) is 0 Å². The molecule has 0 radical (unpaired) electrons. The highest BCUT2D eigenvalue weighted by Gasteiger charge is 2.16. The Hall–Kier alpha value is -0.640. The largest absolute Gasteiger partial charge is 0.306 e. The molecule has 2 aromatic carbocycles. The van der Waals surface area contributed by atoms with Gasteiger partial charge in [0.1, 0.15) is 0 Å². The van der Waals surface area contributed by atoms with E-state index in [4.69, 9.17) is 0 Å². The van der Waals surface area contributed by atoms with E-state index in [-0.39, 0.29) is 6.04 Å². The molecule has 3 heteroatoms. The van der Waals surface area contributed by atoms with Crippen molar-refractivity contribution in [3.05, 3.63) is 68.1 Å². The zero-order valence-electron chi connectivity index (χ0n) is 11.1. The first-order valence-corrected chi connectivity index (χ1v) is 7.96. The van der Waals surface area contributed by atoms with Crippen LogP contribution in [0.2, 0.25) is 0 Å². The molecule has 2 rings (SSSR count). The first kappa shape index (κ1) is 14.8. The van der Waals surface area contributed by atoms with E-state index in [1.54, 1.807) is 0 Å². The molecule has 0 aliphatic heterocycles. The summed E-state index contributed by atoms with van der Waals surface area (Å²) in [6, 6.07) is 15.1. The Balaban J connectivity index is 2.48. The van der Waals surface area contributed by atoms with Crippen LogP contribution in [0.25, 0.3) is 0 Å². The minimum Gasteiger partial charge on any atom is -0.306 e. The van der Waals surface area contributed by atoms with Crippen molar-refractivity contribution in [2.24, 2.45) is 0 Å². The molecule has 1 nitrogen and oxygen atoms in total. The van der Waals surface area contributed by atoms with E-state index < -0.39 is 0 Å². The third-order valence-electron chi connectivity index (χ3n) is 3.13. The molecule has 1 N–H and O–H groups in total. The number of hydrogen-bond donors (Lipinski definition) is 1. The fraction of sp³-hybridized carbons (Fsp3) is 0.250. The number of aryl methyl sites for hydroxylation is 1. The monoisotopic (exact) mass is 381 g/mol. The topological polar surface area (TPSA) is 12.0 Å². The maximum Gasteiger partial charge on any atom is 0.0588 e. The van der Waals surface area contributed by atoms with Gasteiger partial charge < -0.3 is 5.32 Å². The molecule has 1 unspecified atom stereocenters. The summed E-state index contributed by atoms with van der Waals surface area (Å²) in [6.07, 6.45) is 0. The van der Waals surface area contributed by atoms with Gasteiger partial charge in [-0.1, -0.05) is 69.1 Å². The van der Waals surface area contributed by atoms with Crippen molar-refractivity contribution in [1.29, 1.82) is 0 Å². The van der Waals surface area contributed by atoms with Crippen LogP contribution in [0.5, 0.6) is 0 Å². The number of halogens is 2. The fourth-order valence-electron chi connectivity index (χ4n) is 2.14. The number of hydrogen-bond acceptors (Lipinski definition) is 1. The molecular formula is C16H17Br2N. The number of benzene rings is 2. The number of rotatable bonds is 4. The van der Waals surface area contributed by atoms with Crippen LogP contribution in [0.4, 0.5) is 0 Å². The molecule has 0 heterocycles. The molecule has 0 bridgehead atoms. The summed E-state index contributed by atoms with van der Waals surface area (Å²) in [5, 5.41) is 3.55. The van der Waals surface area contributed by atoms with Gasteiger partial charge in [0.15, 0.2) is 0 Å². The predicted octanol–water partition coefficient (Wildman–Crippen LogP) is 5.22. The van der Waals surface area contributed by atoms with E-state index >= 15 is 0 Å². The van der Waals surface area contributed by atoms with E-state index in [1.165, 1.54) is 16.7 Å². The molecule has 0 aliphatic carbocycles. The van der Waals surface area contributed by atoms with Crippen LogP contribution in [0.1, 0.15) is 29.7 Å². The van der Waals surface area contributed by atoms with Crippen LogP contribution in [-0.4, -0.2) is 6.54 Å². The second kappa shape index (κ2) is 6.69. The average Bonchev–Trinajstić information content (AvgIpc) is 2.42. The van der Waals surface area contributed by atoms with Crippen LogP contribution in [0.15, 0.2) is 51.4 Å². The average molecular weight is 383 g/mol. The summed E-state index contributed by atoms with van der Waals surface area (Å²) in [5.74, 6) is 0. The molecule has 0 saturated carbocycles. The van der Waals surface area contributed by atoms with Gasteiger partial charge in [-0.3, -0.25) is 0 Å². The van der Waals surface area contributed by atoms with Crippen LogP contribution in [0.3, 0.4) is 0 Å². The predicted molar refractivity (Wildman–Crippen MR) is 88.5 cm³/mol. The quantitative estimate of drug-likeness (QED) is 0.764. The summed E-state index contributed by atoms with van der Waals surface area (Å²) < 4.78 is 2.28.